The van der Waals surface area contributed by atoms with Crippen molar-refractivity contribution >= 4 is 16.8 Å². The van der Waals surface area contributed by atoms with E-state index in [1.807, 2.05) is 36.1 Å². The topological polar surface area (TPSA) is 84.2 Å². The number of hydrogen-bond acceptors (Lipinski definition) is 5. The molecule has 2 aromatic heterocycles. The van der Waals surface area contributed by atoms with E-state index in [0.29, 0.717) is 37.9 Å². The van der Waals surface area contributed by atoms with Gasteiger partial charge in [-0.15, -0.1) is 10.2 Å². The molecule has 0 saturated carbocycles. The van der Waals surface area contributed by atoms with E-state index in [4.69, 9.17) is 9.15 Å². The quantitative estimate of drug-likeness (QED) is 0.791. The number of carbonyl (C=O) groups is 1. The second kappa shape index (κ2) is 6.33. The van der Waals surface area contributed by atoms with Gasteiger partial charge in [-0.1, -0.05) is 18.2 Å². The summed E-state index contributed by atoms with van der Waals surface area (Å²) in [5.41, 5.74) is 3.15. The monoisotopic (exact) mass is 340 g/mol. The molecule has 7 nitrogen and oxygen atoms in total. The van der Waals surface area contributed by atoms with E-state index in [1.165, 1.54) is 0 Å². The van der Waals surface area contributed by atoms with Gasteiger partial charge in [-0.25, -0.2) is 0 Å². The van der Waals surface area contributed by atoms with Gasteiger partial charge in [0, 0.05) is 30.1 Å². The van der Waals surface area contributed by atoms with Crippen molar-refractivity contribution in [1.29, 1.82) is 0 Å². The predicted octanol–water partition coefficient (Wildman–Crippen LogP) is 2.31. The number of H-pyrrole nitrogens is 1. The Morgan fingerprint density at radius 3 is 2.96 bits per heavy atom. The Hall–Kier alpha value is -2.67. The van der Waals surface area contributed by atoms with E-state index in [2.05, 4.69) is 15.2 Å². The summed E-state index contributed by atoms with van der Waals surface area (Å²) in [6, 6.07) is 8.05. The minimum atomic E-state index is -0.358. The molecule has 1 amide bonds. The molecule has 0 aliphatic carbocycles. The van der Waals surface area contributed by atoms with Crippen LogP contribution in [0, 0.1) is 13.8 Å². The number of nitrogens with zero attached hydrogens (tertiary/aromatic N) is 3. The Morgan fingerprint density at radius 1 is 1.32 bits per heavy atom. The molecule has 1 aliphatic heterocycles. The van der Waals surface area contributed by atoms with Crippen LogP contribution < -0.4 is 0 Å². The average molecular weight is 340 g/mol. The van der Waals surface area contributed by atoms with Crippen molar-refractivity contribution in [3.63, 3.8) is 0 Å². The van der Waals surface area contributed by atoms with Gasteiger partial charge in [0.15, 0.2) is 6.10 Å². The molecule has 3 aromatic rings. The summed E-state index contributed by atoms with van der Waals surface area (Å²) < 4.78 is 11.1. The van der Waals surface area contributed by atoms with Crippen LogP contribution in [0.3, 0.4) is 0 Å². The molecule has 1 aromatic carbocycles. The van der Waals surface area contributed by atoms with Crippen LogP contribution in [0.15, 0.2) is 28.7 Å². The summed E-state index contributed by atoms with van der Waals surface area (Å²) >= 11 is 0. The van der Waals surface area contributed by atoms with Crippen molar-refractivity contribution in [3.05, 3.63) is 47.3 Å². The number of ether oxygens (including phenoxy) is 1. The number of carbonyl (C=O) groups excluding carboxylic acids is 1. The van der Waals surface area contributed by atoms with E-state index in [9.17, 15) is 4.79 Å². The smallest absolute Gasteiger partial charge is 0.246 e. The van der Waals surface area contributed by atoms with Gasteiger partial charge < -0.3 is 19.0 Å². The third-order valence-electron chi connectivity index (χ3n) is 4.59. The predicted molar refractivity (Wildman–Crippen MR) is 91.0 cm³/mol. The summed E-state index contributed by atoms with van der Waals surface area (Å²) in [5, 5.41) is 8.95. The van der Waals surface area contributed by atoms with Gasteiger partial charge in [0.25, 0.3) is 0 Å². The van der Waals surface area contributed by atoms with Crippen LogP contribution in [0.5, 0.6) is 0 Å². The lowest BCUT2D eigenvalue weighted by Crippen LogP contribution is -2.43. The number of rotatable bonds is 3. The standard InChI is InChI=1S/C18H20N4O3/c1-11-14(13-5-3-4-6-15(13)19-11)9-17(23)22-7-8-24-16(10-22)18-21-20-12(2)25-18/h3-6,16,19H,7-10H2,1-2H3/t16-/m0/s1. The summed E-state index contributed by atoms with van der Waals surface area (Å²) in [4.78, 5) is 18.0. The molecule has 1 aliphatic rings. The summed E-state index contributed by atoms with van der Waals surface area (Å²) in [7, 11) is 0. The molecule has 0 unspecified atom stereocenters. The maximum absolute atomic E-state index is 12.8. The van der Waals surface area contributed by atoms with Crippen molar-refractivity contribution in [3.8, 4) is 0 Å². The average Bonchev–Trinajstić information content (AvgIpc) is 3.19. The molecular weight excluding hydrogens is 320 g/mol. The van der Waals surface area contributed by atoms with E-state index >= 15 is 0 Å². The fourth-order valence-corrected chi connectivity index (χ4v) is 3.29. The van der Waals surface area contributed by atoms with E-state index in [1.54, 1.807) is 6.92 Å². The first-order chi connectivity index (χ1) is 12.1. The van der Waals surface area contributed by atoms with Crippen molar-refractivity contribution in [2.24, 2.45) is 0 Å². The lowest BCUT2D eigenvalue weighted by molar-refractivity contribution is -0.139. The lowest BCUT2D eigenvalue weighted by atomic mass is 10.1. The number of morpholine rings is 1. The fourth-order valence-electron chi connectivity index (χ4n) is 3.29. The summed E-state index contributed by atoms with van der Waals surface area (Å²) in [6.45, 7) is 5.21. The molecule has 0 bridgehead atoms. The number of fused-ring (bicyclic) bond motifs is 1. The van der Waals surface area contributed by atoms with Gasteiger partial charge in [0.05, 0.1) is 19.6 Å². The second-order valence-corrected chi connectivity index (χ2v) is 6.31. The van der Waals surface area contributed by atoms with Gasteiger partial charge in [0.1, 0.15) is 0 Å². The maximum atomic E-state index is 12.8. The normalized spacial score (nSPS) is 18.0. The van der Waals surface area contributed by atoms with Crippen molar-refractivity contribution in [1.82, 2.24) is 20.1 Å². The number of benzene rings is 1. The highest BCUT2D eigenvalue weighted by molar-refractivity contribution is 5.90. The first kappa shape index (κ1) is 15.8. The van der Waals surface area contributed by atoms with Gasteiger partial charge >= 0.3 is 0 Å². The Labute approximate surface area is 145 Å². The first-order valence-corrected chi connectivity index (χ1v) is 8.37. The number of aromatic nitrogens is 3. The molecule has 0 radical (unpaired) electrons. The van der Waals surface area contributed by atoms with E-state index < -0.39 is 0 Å². The largest absolute Gasteiger partial charge is 0.423 e. The molecule has 1 saturated heterocycles. The molecule has 130 valence electrons. The molecule has 1 N–H and O–H groups in total. The Bertz CT molecular complexity index is 914. The van der Waals surface area contributed by atoms with Crippen LogP contribution in [0.25, 0.3) is 10.9 Å². The van der Waals surface area contributed by atoms with Gasteiger partial charge in [-0.05, 0) is 18.6 Å². The molecular formula is C18H20N4O3. The number of amides is 1. The van der Waals surface area contributed by atoms with Gasteiger partial charge in [-0.3, -0.25) is 4.79 Å². The van der Waals surface area contributed by atoms with Crippen molar-refractivity contribution < 1.29 is 13.9 Å². The number of aryl methyl sites for hydroxylation is 2. The fraction of sp³-hybridized carbons (Fsp3) is 0.389. The highest BCUT2D eigenvalue weighted by Crippen LogP contribution is 2.25. The highest BCUT2D eigenvalue weighted by atomic mass is 16.5. The Morgan fingerprint density at radius 2 is 2.16 bits per heavy atom. The molecule has 0 spiro atoms. The zero-order valence-corrected chi connectivity index (χ0v) is 14.3. The van der Waals surface area contributed by atoms with Crippen LogP contribution in [0.2, 0.25) is 0 Å². The zero-order chi connectivity index (χ0) is 17.4. The number of aromatic amines is 1. The Kier molecular flexibility index (Phi) is 4.01. The zero-order valence-electron chi connectivity index (χ0n) is 14.3. The molecule has 1 fully saturated rings. The van der Waals surface area contributed by atoms with Gasteiger partial charge in [0.2, 0.25) is 17.7 Å². The van der Waals surface area contributed by atoms with Crippen LogP contribution in [-0.4, -0.2) is 45.7 Å². The number of hydrogen-bond donors (Lipinski definition) is 1. The second-order valence-electron chi connectivity index (χ2n) is 6.31. The van der Waals surface area contributed by atoms with Crippen LogP contribution >= 0.6 is 0 Å². The lowest BCUT2D eigenvalue weighted by Gasteiger charge is -2.31. The van der Waals surface area contributed by atoms with Crippen LogP contribution in [0.1, 0.15) is 29.1 Å². The number of para-hydroxylation sites is 1. The number of nitrogens with one attached hydrogen (secondary N) is 1. The molecule has 3 heterocycles. The highest BCUT2D eigenvalue weighted by Gasteiger charge is 2.29. The van der Waals surface area contributed by atoms with Crippen molar-refractivity contribution in [2.45, 2.75) is 26.4 Å². The third-order valence-corrected chi connectivity index (χ3v) is 4.59. The molecule has 1 atom stereocenters. The van der Waals surface area contributed by atoms with Crippen LogP contribution in [0.4, 0.5) is 0 Å². The van der Waals surface area contributed by atoms with Crippen LogP contribution in [-0.2, 0) is 16.0 Å². The maximum Gasteiger partial charge on any atom is 0.246 e. The molecule has 25 heavy (non-hydrogen) atoms. The molecule has 7 heteroatoms. The SMILES string of the molecule is Cc1nnc([C@@H]2CN(C(=O)Cc3c(C)[nH]c4ccccc34)CCO2)o1. The van der Waals surface area contributed by atoms with E-state index in [-0.39, 0.29) is 12.0 Å². The minimum absolute atomic E-state index is 0.0809. The molecule has 4 rings (SSSR count). The summed E-state index contributed by atoms with van der Waals surface area (Å²) in [5.74, 6) is 1.01. The summed E-state index contributed by atoms with van der Waals surface area (Å²) in [6.07, 6.45) is 0.00813. The third kappa shape index (κ3) is 3.02. The minimum Gasteiger partial charge on any atom is -0.423 e. The Balaban J connectivity index is 1.51. The van der Waals surface area contributed by atoms with E-state index in [0.717, 1.165) is 22.2 Å². The van der Waals surface area contributed by atoms with Crippen molar-refractivity contribution in [2.75, 3.05) is 19.7 Å². The first-order valence-electron chi connectivity index (χ1n) is 8.37. The van der Waals surface area contributed by atoms with Gasteiger partial charge in [-0.2, -0.15) is 0 Å².